The number of urea groups is 1. The average molecular weight is 307 g/mol. The van der Waals surface area contributed by atoms with Gasteiger partial charge >= 0.3 is 6.03 Å². The molecule has 118 valence electrons. The lowest BCUT2D eigenvalue weighted by Crippen LogP contribution is -2.23. The quantitative estimate of drug-likeness (QED) is 0.878. The molecule has 1 aromatic carbocycles. The van der Waals surface area contributed by atoms with Crippen molar-refractivity contribution in [1.29, 1.82) is 0 Å². The Kier molecular flexibility index (Phi) is 3.74. The molecule has 2 aliphatic rings. The predicted octanol–water partition coefficient (Wildman–Crippen LogP) is 4.09. The first-order valence-corrected chi connectivity index (χ1v) is 8.48. The fourth-order valence-electron chi connectivity index (χ4n) is 3.70. The number of nitrogens with zero attached hydrogens (tertiary/aromatic N) is 1. The van der Waals surface area contributed by atoms with Crippen molar-refractivity contribution < 1.29 is 4.79 Å². The number of pyridine rings is 1. The molecule has 23 heavy (non-hydrogen) atoms. The zero-order valence-corrected chi connectivity index (χ0v) is 13.2. The number of hydrogen-bond acceptors (Lipinski definition) is 2. The van der Waals surface area contributed by atoms with Crippen LogP contribution in [-0.4, -0.2) is 11.0 Å². The Morgan fingerprint density at radius 1 is 0.826 bits per heavy atom. The summed E-state index contributed by atoms with van der Waals surface area (Å²) in [6.45, 7) is 0. The summed E-state index contributed by atoms with van der Waals surface area (Å²) in [5, 5.41) is 6.05. The van der Waals surface area contributed by atoms with Crippen LogP contribution >= 0.6 is 0 Å². The lowest BCUT2D eigenvalue weighted by Gasteiger charge is -2.22. The van der Waals surface area contributed by atoms with Crippen molar-refractivity contribution >= 4 is 17.4 Å². The van der Waals surface area contributed by atoms with Crippen molar-refractivity contribution in [3.8, 4) is 0 Å². The molecule has 2 N–H and O–H groups in total. The first-order valence-electron chi connectivity index (χ1n) is 8.48. The standard InChI is InChI=1S/C19H21N3O/c23-19(20-13-7-2-1-3-8-13)22-18-14-9-4-5-11-16(14)21-17-12-6-10-15(17)18/h1-3,7-8H,4-6,9-12H2,(H2,20,21,22,23). The second-order valence-corrected chi connectivity index (χ2v) is 6.34. The van der Waals surface area contributed by atoms with Gasteiger partial charge in [-0.15, -0.1) is 0 Å². The first-order chi connectivity index (χ1) is 11.3. The molecule has 4 nitrogen and oxygen atoms in total. The molecule has 2 amide bonds. The largest absolute Gasteiger partial charge is 0.323 e. The number of para-hydroxylation sites is 1. The number of aromatic nitrogens is 1. The first kappa shape index (κ1) is 14.2. The van der Waals surface area contributed by atoms with Gasteiger partial charge in [0, 0.05) is 17.1 Å². The van der Waals surface area contributed by atoms with E-state index in [4.69, 9.17) is 4.98 Å². The van der Waals surface area contributed by atoms with Crippen LogP contribution in [0, 0.1) is 0 Å². The maximum Gasteiger partial charge on any atom is 0.323 e. The van der Waals surface area contributed by atoms with Crippen molar-refractivity contribution in [3.63, 3.8) is 0 Å². The number of hydrogen-bond donors (Lipinski definition) is 2. The number of benzene rings is 1. The second-order valence-electron chi connectivity index (χ2n) is 6.34. The van der Waals surface area contributed by atoms with E-state index in [1.807, 2.05) is 30.3 Å². The average Bonchev–Trinajstić information content (AvgIpc) is 3.04. The van der Waals surface area contributed by atoms with Crippen LogP contribution in [0.3, 0.4) is 0 Å². The highest BCUT2D eigenvalue weighted by Gasteiger charge is 2.25. The maximum atomic E-state index is 12.4. The number of carbonyl (C=O) groups excluding carboxylic acids is 1. The summed E-state index contributed by atoms with van der Waals surface area (Å²) >= 11 is 0. The maximum absolute atomic E-state index is 12.4. The van der Waals surface area contributed by atoms with Gasteiger partial charge < -0.3 is 10.6 Å². The van der Waals surface area contributed by atoms with E-state index in [9.17, 15) is 4.79 Å². The van der Waals surface area contributed by atoms with Crippen molar-refractivity contribution in [2.45, 2.75) is 44.9 Å². The topological polar surface area (TPSA) is 54.0 Å². The van der Waals surface area contributed by atoms with Gasteiger partial charge in [0.2, 0.25) is 0 Å². The summed E-state index contributed by atoms with van der Waals surface area (Å²) in [6.07, 6.45) is 7.65. The number of anilines is 2. The molecule has 0 saturated carbocycles. The second kappa shape index (κ2) is 6.03. The molecular weight excluding hydrogens is 286 g/mol. The van der Waals surface area contributed by atoms with E-state index in [0.29, 0.717) is 0 Å². The van der Waals surface area contributed by atoms with Gasteiger partial charge in [0.05, 0.1) is 5.69 Å². The summed E-state index contributed by atoms with van der Waals surface area (Å²) in [5.41, 5.74) is 6.77. The Morgan fingerprint density at radius 2 is 1.48 bits per heavy atom. The third kappa shape index (κ3) is 2.81. The molecule has 0 fully saturated rings. The van der Waals surface area contributed by atoms with Crippen LogP contribution in [0.15, 0.2) is 30.3 Å². The molecule has 0 saturated heterocycles. The van der Waals surface area contributed by atoms with Gasteiger partial charge in [-0.05, 0) is 68.2 Å². The van der Waals surface area contributed by atoms with Crippen molar-refractivity contribution in [2.24, 2.45) is 0 Å². The molecule has 0 unspecified atom stereocenters. The van der Waals surface area contributed by atoms with Gasteiger partial charge in [-0.3, -0.25) is 4.98 Å². The highest BCUT2D eigenvalue weighted by molar-refractivity contribution is 6.01. The minimum Gasteiger partial charge on any atom is -0.308 e. The molecule has 2 aromatic rings. The summed E-state index contributed by atoms with van der Waals surface area (Å²) in [5.74, 6) is 0. The molecule has 0 spiro atoms. The van der Waals surface area contributed by atoms with Crippen LogP contribution in [-0.2, 0) is 25.7 Å². The SMILES string of the molecule is O=C(Nc1ccccc1)Nc1c2c(nc3c1CCC3)CCCC2. The van der Waals surface area contributed by atoms with E-state index in [1.165, 1.54) is 35.4 Å². The number of carbonyl (C=O) groups is 1. The molecule has 4 rings (SSSR count). The van der Waals surface area contributed by atoms with E-state index < -0.39 is 0 Å². The van der Waals surface area contributed by atoms with E-state index in [-0.39, 0.29) is 6.03 Å². The highest BCUT2D eigenvalue weighted by atomic mass is 16.2. The summed E-state index contributed by atoms with van der Waals surface area (Å²) in [4.78, 5) is 17.3. The molecular formula is C19H21N3O. The van der Waals surface area contributed by atoms with Gasteiger partial charge in [-0.2, -0.15) is 0 Å². The van der Waals surface area contributed by atoms with E-state index in [1.54, 1.807) is 0 Å². The summed E-state index contributed by atoms with van der Waals surface area (Å²) < 4.78 is 0. The van der Waals surface area contributed by atoms with Crippen LogP contribution in [0.1, 0.15) is 41.8 Å². The third-order valence-electron chi connectivity index (χ3n) is 4.77. The molecule has 0 aliphatic heterocycles. The monoisotopic (exact) mass is 307 g/mol. The van der Waals surface area contributed by atoms with Crippen LogP contribution in [0.4, 0.5) is 16.2 Å². The lowest BCUT2D eigenvalue weighted by atomic mass is 9.92. The Morgan fingerprint density at radius 3 is 2.26 bits per heavy atom. The minimum absolute atomic E-state index is 0.163. The smallest absolute Gasteiger partial charge is 0.308 e. The Hall–Kier alpha value is -2.36. The minimum atomic E-state index is -0.163. The fourth-order valence-corrected chi connectivity index (χ4v) is 3.70. The Balaban J connectivity index is 1.63. The van der Waals surface area contributed by atoms with Crippen molar-refractivity contribution in [1.82, 2.24) is 4.98 Å². The normalized spacial score (nSPS) is 15.7. The van der Waals surface area contributed by atoms with Gasteiger partial charge in [-0.25, -0.2) is 4.79 Å². The number of amides is 2. The fraction of sp³-hybridized carbons (Fsp3) is 0.368. The van der Waals surface area contributed by atoms with Crippen LogP contribution in [0.5, 0.6) is 0 Å². The summed E-state index contributed by atoms with van der Waals surface area (Å²) in [6, 6.07) is 9.40. The van der Waals surface area contributed by atoms with Gasteiger partial charge in [-0.1, -0.05) is 18.2 Å². The molecule has 0 atom stereocenters. The highest BCUT2D eigenvalue weighted by Crippen LogP contribution is 2.35. The Bertz CT molecular complexity index is 740. The number of fused-ring (bicyclic) bond motifs is 2. The van der Waals surface area contributed by atoms with E-state index >= 15 is 0 Å². The molecule has 4 heteroatoms. The van der Waals surface area contributed by atoms with Gasteiger partial charge in [0.1, 0.15) is 0 Å². The lowest BCUT2D eigenvalue weighted by molar-refractivity contribution is 0.262. The predicted molar refractivity (Wildman–Crippen MR) is 92.0 cm³/mol. The van der Waals surface area contributed by atoms with Crippen molar-refractivity contribution in [2.75, 3.05) is 10.6 Å². The number of aryl methyl sites for hydroxylation is 2. The van der Waals surface area contributed by atoms with E-state index in [0.717, 1.165) is 43.5 Å². The van der Waals surface area contributed by atoms with Crippen LogP contribution < -0.4 is 10.6 Å². The number of nitrogens with one attached hydrogen (secondary N) is 2. The molecule has 0 bridgehead atoms. The third-order valence-corrected chi connectivity index (χ3v) is 4.77. The zero-order valence-electron chi connectivity index (χ0n) is 13.2. The van der Waals surface area contributed by atoms with Crippen LogP contribution in [0.2, 0.25) is 0 Å². The van der Waals surface area contributed by atoms with Crippen molar-refractivity contribution in [3.05, 3.63) is 52.8 Å². The molecule has 1 heterocycles. The van der Waals surface area contributed by atoms with Crippen LogP contribution in [0.25, 0.3) is 0 Å². The van der Waals surface area contributed by atoms with Gasteiger partial charge in [0.25, 0.3) is 0 Å². The Labute approximate surface area is 136 Å². The molecule has 1 aromatic heterocycles. The number of rotatable bonds is 2. The molecule has 0 radical (unpaired) electrons. The summed E-state index contributed by atoms with van der Waals surface area (Å²) in [7, 11) is 0. The van der Waals surface area contributed by atoms with E-state index in [2.05, 4.69) is 10.6 Å². The zero-order chi connectivity index (χ0) is 15.6. The molecule has 2 aliphatic carbocycles. The van der Waals surface area contributed by atoms with Gasteiger partial charge in [0.15, 0.2) is 0 Å².